The van der Waals surface area contributed by atoms with Crippen LogP contribution in [0.4, 0.5) is 4.39 Å². The molecular weight excluding hydrogens is 305 g/mol. The van der Waals surface area contributed by atoms with Crippen molar-refractivity contribution in [2.24, 2.45) is 0 Å². The maximum atomic E-state index is 13.0. The maximum Gasteiger partial charge on any atom is 0.289 e. The first-order valence-electron chi connectivity index (χ1n) is 7.92. The van der Waals surface area contributed by atoms with Gasteiger partial charge in [-0.15, -0.1) is 0 Å². The number of furan rings is 1. The first-order chi connectivity index (χ1) is 11.7. The number of carbonyl (C=O) groups excluding carboxylic acids is 1. The molecule has 4 heteroatoms. The number of halogens is 1. The van der Waals surface area contributed by atoms with Gasteiger partial charge in [0.15, 0.2) is 5.76 Å². The molecule has 2 aromatic carbocycles. The molecule has 1 aromatic heterocycles. The van der Waals surface area contributed by atoms with E-state index >= 15 is 0 Å². The second kappa shape index (κ2) is 5.96. The van der Waals surface area contributed by atoms with Crippen LogP contribution in [-0.2, 0) is 13.0 Å². The van der Waals surface area contributed by atoms with Crippen molar-refractivity contribution in [2.45, 2.75) is 13.0 Å². The van der Waals surface area contributed by atoms with Gasteiger partial charge < -0.3 is 9.32 Å². The molecule has 0 fully saturated rings. The Bertz CT molecular complexity index is 883. The smallest absolute Gasteiger partial charge is 0.289 e. The SMILES string of the molecule is O=C(c1ccc(-c2ccc(F)cc2)o1)N1CCc2ccccc2C1. The molecule has 0 radical (unpaired) electrons. The summed E-state index contributed by atoms with van der Waals surface area (Å²) in [6.45, 7) is 1.28. The summed E-state index contributed by atoms with van der Waals surface area (Å²) in [5.74, 6) is 0.468. The molecule has 0 N–H and O–H groups in total. The number of carbonyl (C=O) groups is 1. The summed E-state index contributed by atoms with van der Waals surface area (Å²) < 4.78 is 18.7. The molecule has 1 aliphatic heterocycles. The lowest BCUT2D eigenvalue weighted by atomic mass is 10.00. The molecule has 3 aromatic rings. The third-order valence-electron chi connectivity index (χ3n) is 4.36. The monoisotopic (exact) mass is 321 g/mol. The Hall–Kier alpha value is -2.88. The first-order valence-corrected chi connectivity index (χ1v) is 7.92. The summed E-state index contributed by atoms with van der Waals surface area (Å²) >= 11 is 0. The highest BCUT2D eigenvalue weighted by atomic mass is 19.1. The van der Waals surface area contributed by atoms with Crippen molar-refractivity contribution < 1.29 is 13.6 Å². The predicted octanol–water partition coefficient (Wildman–Crippen LogP) is 4.28. The van der Waals surface area contributed by atoms with Crippen molar-refractivity contribution in [3.05, 3.63) is 83.4 Å². The van der Waals surface area contributed by atoms with Crippen molar-refractivity contribution in [1.29, 1.82) is 0 Å². The van der Waals surface area contributed by atoms with E-state index in [4.69, 9.17) is 4.42 Å². The standard InChI is InChI=1S/C20H16FNO2/c21-17-7-5-15(6-8-17)18-9-10-19(24-18)20(23)22-12-11-14-3-1-2-4-16(14)13-22/h1-10H,11-13H2. The Morgan fingerprint density at radius 3 is 2.50 bits per heavy atom. The lowest BCUT2D eigenvalue weighted by molar-refractivity contribution is 0.0703. The molecule has 1 aliphatic rings. The molecule has 0 saturated carbocycles. The van der Waals surface area contributed by atoms with Crippen LogP contribution in [0.1, 0.15) is 21.7 Å². The normalized spacial score (nSPS) is 13.6. The van der Waals surface area contributed by atoms with Gasteiger partial charge in [0.1, 0.15) is 11.6 Å². The van der Waals surface area contributed by atoms with Crippen molar-refractivity contribution in [1.82, 2.24) is 4.90 Å². The summed E-state index contributed by atoms with van der Waals surface area (Å²) in [6, 6.07) is 17.6. The van der Waals surface area contributed by atoms with Gasteiger partial charge in [-0.2, -0.15) is 0 Å². The molecule has 4 rings (SSSR count). The van der Waals surface area contributed by atoms with Gasteiger partial charge in [0.25, 0.3) is 5.91 Å². The minimum atomic E-state index is -0.298. The zero-order valence-electron chi connectivity index (χ0n) is 13.0. The molecule has 2 heterocycles. The Balaban J connectivity index is 1.55. The molecule has 0 saturated heterocycles. The molecule has 0 atom stereocenters. The molecule has 1 amide bonds. The average Bonchev–Trinajstić information content (AvgIpc) is 3.11. The van der Waals surface area contributed by atoms with Crippen LogP contribution in [0, 0.1) is 5.82 Å². The van der Waals surface area contributed by atoms with Crippen molar-refractivity contribution >= 4 is 5.91 Å². The second-order valence-electron chi connectivity index (χ2n) is 5.92. The Labute approximate surface area is 139 Å². The van der Waals surface area contributed by atoms with Gasteiger partial charge in [0.05, 0.1) is 0 Å². The minimum Gasteiger partial charge on any atom is -0.451 e. The predicted molar refractivity (Wildman–Crippen MR) is 89.0 cm³/mol. The number of rotatable bonds is 2. The van der Waals surface area contributed by atoms with Gasteiger partial charge in [0.2, 0.25) is 0 Å². The van der Waals surface area contributed by atoms with Crippen LogP contribution in [0.2, 0.25) is 0 Å². The highest BCUT2D eigenvalue weighted by molar-refractivity contribution is 5.92. The number of hydrogen-bond acceptors (Lipinski definition) is 2. The summed E-state index contributed by atoms with van der Waals surface area (Å²) in [4.78, 5) is 14.5. The number of benzene rings is 2. The van der Waals surface area contributed by atoms with Gasteiger partial charge in [-0.3, -0.25) is 4.79 Å². The number of fused-ring (bicyclic) bond motifs is 1. The maximum absolute atomic E-state index is 13.0. The van der Waals surface area contributed by atoms with Crippen LogP contribution >= 0.6 is 0 Å². The van der Waals surface area contributed by atoms with Crippen LogP contribution < -0.4 is 0 Å². The third kappa shape index (κ3) is 2.71. The van der Waals surface area contributed by atoms with Crippen LogP contribution in [0.5, 0.6) is 0 Å². The number of amides is 1. The van der Waals surface area contributed by atoms with Crippen molar-refractivity contribution in [2.75, 3.05) is 6.54 Å². The summed E-state index contributed by atoms with van der Waals surface area (Å²) in [6.07, 6.45) is 0.855. The van der Waals surface area contributed by atoms with E-state index in [0.29, 0.717) is 24.6 Å². The fourth-order valence-corrected chi connectivity index (χ4v) is 3.05. The zero-order chi connectivity index (χ0) is 16.5. The highest BCUT2D eigenvalue weighted by Crippen LogP contribution is 2.25. The fraction of sp³-hybridized carbons (Fsp3) is 0.150. The molecule has 3 nitrogen and oxygen atoms in total. The zero-order valence-corrected chi connectivity index (χ0v) is 13.0. The van der Waals surface area contributed by atoms with Gasteiger partial charge >= 0.3 is 0 Å². The third-order valence-corrected chi connectivity index (χ3v) is 4.36. The van der Waals surface area contributed by atoms with Gasteiger partial charge in [-0.25, -0.2) is 4.39 Å². The van der Waals surface area contributed by atoms with Gasteiger partial charge in [-0.1, -0.05) is 24.3 Å². The van der Waals surface area contributed by atoms with E-state index in [-0.39, 0.29) is 11.7 Å². The topological polar surface area (TPSA) is 33.5 Å². The van der Waals surface area contributed by atoms with E-state index in [0.717, 1.165) is 12.0 Å². The molecule has 0 bridgehead atoms. The molecule has 24 heavy (non-hydrogen) atoms. The van der Waals surface area contributed by atoms with Crippen LogP contribution in [0.25, 0.3) is 11.3 Å². The largest absolute Gasteiger partial charge is 0.451 e. The van der Waals surface area contributed by atoms with Crippen LogP contribution in [0.3, 0.4) is 0 Å². The van der Waals surface area contributed by atoms with E-state index in [1.807, 2.05) is 12.1 Å². The van der Waals surface area contributed by atoms with Crippen LogP contribution in [-0.4, -0.2) is 17.4 Å². The molecular formula is C20H16FNO2. The Morgan fingerprint density at radius 1 is 0.958 bits per heavy atom. The molecule has 0 spiro atoms. The summed E-state index contributed by atoms with van der Waals surface area (Å²) in [5, 5.41) is 0. The fourth-order valence-electron chi connectivity index (χ4n) is 3.05. The highest BCUT2D eigenvalue weighted by Gasteiger charge is 2.23. The molecule has 120 valence electrons. The van der Waals surface area contributed by atoms with Crippen molar-refractivity contribution in [3.8, 4) is 11.3 Å². The minimum absolute atomic E-state index is 0.113. The van der Waals surface area contributed by atoms with Gasteiger partial charge in [-0.05, 0) is 53.9 Å². The van der Waals surface area contributed by atoms with E-state index < -0.39 is 0 Å². The lowest BCUT2D eigenvalue weighted by Crippen LogP contribution is -2.35. The van der Waals surface area contributed by atoms with E-state index in [9.17, 15) is 9.18 Å². The summed E-state index contributed by atoms with van der Waals surface area (Å²) in [7, 11) is 0. The molecule has 0 unspecified atom stereocenters. The number of hydrogen-bond donors (Lipinski definition) is 0. The second-order valence-corrected chi connectivity index (χ2v) is 5.92. The number of nitrogens with zero attached hydrogens (tertiary/aromatic N) is 1. The van der Waals surface area contributed by atoms with Crippen molar-refractivity contribution in [3.63, 3.8) is 0 Å². The van der Waals surface area contributed by atoms with E-state index in [2.05, 4.69) is 12.1 Å². The quantitative estimate of drug-likeness (QED) is 0.706. The first kappa shape index (κ1) is 14.7. The Kier molecular flexibility index (Phi) is 3.65. The average molecular weight is 321 g/mol. The van der Waals surface area contributed by atoms with Crippen LogP contribution in [0.15, 0.2) is 65.1 Å². The Morgan fingerprint density at radius 2 is 1.71 bits per heavy atom. The molecule has 0 aliphatic carbocycles. The lowest BCUT2D eigenvalue weighted by Gasteiger charge is -2.28. The van der Waals surface area contributed by atoms with Gasteiger partial charge in [0, 0.05) is 18.7 Å². The van der Waals surface area contributed by atoms with E-state index in [1.54, 1.807) is 29.2 Å². The summed E-state index contributed by atoms with van der Waals surface area (Å²) in [5.41, 5.74) is 3.23. The van der Waals surface area contributed by atoms with E-state index in [1.165, 1.54) is 23.3 Å².